The van der Waals surface area contributed by atoms with Crippen LogP contribution in [0.5, 0.6) is 5.75 Å². The summed E-state index contributed by atoms with van der Waals surface area (Å²) in [5, 5.41) is 16.0. The predicted molar refractivity (Wildman–Crippen MR) is 102 cm³/mol. The topological polar surface area (TPSA) is 116 Å². The normalized spacial score (nSPS) is 14.5. The monoisotopic (exact) mass is 433 g/mol. The molecule has 2 heterocycles. The lowest BCUT2D eigenvalue weighted by Gasteiger charge is -2.12. The summed E-state index contributed by atoms with van der Waals surface area (Å²) >= 11 is 3.37. The van der Waals surface area contributed by atoms with E-state index in [9.17, 15) is 13.5 Å². The molecule has 4 N–H and O–H groups in total. The first-order chi connectivity index (χ1) is 12.4. The number of sulfonamides is 1. The molecule has 0 atom stereocenters. The van der Waals surface area contributed by atoms with Crippen LogP contribution in [0.1, 0.15) is 0 Å². The fraction of sp³-hybridized carbons (Fsp3) is 0. The van der Waals surface area contributed by atoms with E-state index in [2.05, 4.69) is 41.3 Å². The first-order valence-electron chi connectivity index (χ1n) is 7.43. The molecule has 0 spiro atoms. The van der Waals surface area contributed by atoms with Crippen molar-refractivity contribution in [2.45, 2.75) is 4.90 Å². The highest BCUT2D eigenvalue weighted by Gasteiger charge is 2.17. The lowest BCUT2D eigenvalue weighted by Crippen LogP contribution is -2.13. The Bertz CT molecular complexity index is 1120. The summed E-state index contributed by atoms with van der Waals surface area (Å²) in [5.41, 5.74) is 1.20. The maximum atomic E-state index is 12.6. The molecule has 0 aliphatic carbocycles. The summed E-state index contributed by atoms with van der Waals surface area (Å²) < 4.78 is 28.4. The molecule has 1 aromatic heterocycles. The highest BCUT2D eigenvalue weighted by atomic mass is 79.9. The fourth-order valence-electron chi connectivity index (χ4n) is 2.48. The summed E-state index contributed by atoms with van der Waals surface area (Å²) in [7, 11) is -3.84. The van der Waals surface area contributed by atoms with E-state index in [-0.39, 0.29) is 22.3 Å². The minimum absolute atomic E-state index is 0.0666. The van der Waals surface area contributed by atoms with E-state index in [0.29, 0.717) is 21.7 Å². The first kappa shape index (κ1) is 16.6. The number of phenols is 1. The zero-order valence-corrected chi connectivity index (χ0v) is 15.5. The lowest BCUT2D eigenvalue weighted by atomic mass is 10.2. The number of aromatic nitrogens is 2. The maximum Gasteiger partial charge on any atom is 0.261 e. The third kappa shape index (κ3) is 3.28. The zero-order valence-electron chi connectivity index (χ0n) is 13.1. The van der Waals surface area contributed by atoms with Gasteiger partial charge in [-0.1, -0.05) is 6.07 Å². The number of halogens is 1. The van der Waals surface area contributed by atoms with Crippen molar-refractivity contribution in [3.05, 3.63) is 53.1 Å². The maximum absolute atomic E-state index is 12.6. The smallest absolute Gasteiger partial charge is 0.261 e. The summed E-state index contributed by atoms with van der Waals surface area (Å²) in [6.07, 6.45) is 1.57. The molecule has 0 amide bonds. The number of nitrogens with one attached hydrogen (secondary N) is 3. The summed E-state index contributed by atoms with van der Waals surface area (Å²) in [4.78, 5) is 8.62. The Labute approximate surface area is 157 Å². The highest BCUT2D eigenvalue weighted by Crippen LogP contribution is 2.31. The second-order valence-electron chi connectivity index (χ2n) is 5.54. The van der Waals surface area contributed by atoms with Crippen LogP contribution in [0.15, 0.2) is 58.0 Å². The van der Waals surface area contributed by atoms with Gasteiger partial charge in [0.1, 0.15) is 11.6 Å². The fourth-order valence-corrected chi connectivity index (χ4v) is 3.85. The molecule has 6 bridgehead atoms. The van der Waals surface area contributed by atoms with Gasteiger partial charge in [0.2, 0.25) is 5.95 Å². The van der Waals surface area contributed by atoms with Crippen LogP contribution in [0.2, 0.25) is 0 Å². The van der Waals surface area contributed by atoms with Crippen molar-refractivity contribution in [3.8, 4) is 5.75 Å². The number of benzene rings is 2. The second-order valence-corrected chi connectivity index (χ2v) is 8.08. The molecule has 0 fully saturated rings. The van der Waals surface area contributed by atoms with E-state index in [1.807, 2.05) is 0 Å². The Balaban J connectivity index is 1.94. The van der Waals surface area contributed by atoms with Gasteiger partial charge in [0, 0.05) is 29.7 Å². The van der Waals surface area contributed by atoms with E-state index in [1.54, 1.807) is 24.4 Å². The molecule has 8 nitrogen and oxygen atoms in total. The summed E-state index contributed by atoms with van der Waals surface area (Å²) in [6.45, 7) is 0. The van der Waals surface area contributed by atoms with Crippen molar-refractivity contribution >= 4 is 54.8 Å². The standard InChI is InChI=1S/C16H12BrN5O3S/c17-14-8-18-16-20-9-2-1-3-13(7-9)26(24,25)22-11-4-10(5-12(23)6-11)19-15(14)21-16/h1-8,22-23H,(H2,18,19,20,21). The average Bonchev–Trinajstić information content (AvgIpc) is 2.57. The van der Waals surface area contributed by atoms with Crippen LogP contribution in [0.4, 0.5) is 28.8 Å². The molecular weight excluding hydrogens is 422 g/mol. The number of fused-ring (bicyclic) bond motifs is 6. The van der Waals surface area contributed by atoms with Gasteiger partial charge in [-0.3, -0.25) is 4.72 Å². The van der Waals surface area contributed by atoms with Crippen molar-refractivity contribution < 1.29 is 13.5 Å². The van der Waals surface area contributed by atoms with Crippen molar-refractivity contribution in [2.75, 3.05) is 15.4 Å². The Kier molecular flexibility index (Phi) is 3.93. The van der Waals surface area contributed by atoms with E-state index in [0.717, 1.165) is 0 Å². The summed E-state index contributed by atoms with van der Waals surface area (Å²) in [5.74, 6) is 0.648. The molecule has 2 aromatic carbocycles. The third-order valence-electron chi connectivity index (χ3n) is 3.58. The molecule has 26 heavy (non-hydrogen) atoms. The molecule has 0 saturated carbocycles. The molecule has 1 aliphatic rings. The Morgan fingerprint density at radius 2 is 1.81 bits per heavy atom. The number of nitrogens with zero attached hydrogens (tertiary/aromatic N) is 2. The van der Waals surface area contributed by atoms with Crippen LogP contribution in [0.3, 0.4) is 0 Å². The average molecular weight is 434 g/mol. The minimum atomic E-state index is -3.84. The molecule has 132 valence electrons. The van der Waals surface area contributed by atoms with Gasteiger partial charge in [-0.05, 0) is 40.2 Å². The van der Waals surface area contributed by atoms with E-state index in [1.165, 1.54) is 24.3 Å². The number of hydrogen-bond donors (Lipinski definition) is 4. The van der Waals surface area contributed by atoms with Crippen molar-refractivity contribution in [3.63, 3.8) is 0 Å². The van der Waals surface area contributed by atoms with Gasteiger partial charge in [0.05, 0.1) is 15.1 Å². The van der Waals surface area contributed by atoms with Crippen LogP contribution in [-0.4, -0.2) is 23.5 Å². The third-order valence-corrected chi connectivity index (χ3v) is 5.54. The van der Waals surface area contributed by atoms with Crippen LogP contribution in [-0.2, 0) is 10.0 Å². The van der Waals surface area contributed by atoms with Gasteiger partial charge >= 0.3 is 0 Å². The quantitative estimate of drug-likeness (QED) is 0.428. The predicted octanol–water partition coefficient (Wildman–Crippen LogP) is 3.55. The first-order valence-corrected chi connectivity index (χ1v) is 9.70. The largest absolute Gasteiger partial charge is 0.508 e. The van der Waals surface area contributed by atoms with Crippen LogP contribution in [0.25, 0.3) is 0 Å². The number of anilines is 5. The molecule has 0 saturated heterocycles. The van der Waals surface area contributed by atoms with Gasteiger partial charge in [0.25, 0.3) is 10.0 Å². The SMILES string of the molecule is O=S1(=O)Nc2cc(O)cc(c2)Nc2nc(ncc2Br)Nc2cccc1c2. The molecule has 1 aliphatic heterocycles. The molecular formula is C16H12BrN5O3S. The Hall–Kier alpha value is -2.85. The number of phenolic OH excluding ortho intramolecular Hbond substituents is 1. The minimum Gasteiger partial charge on any atom is -0.508 e. The molecule has 4 rings (SSSR count). The zero-order chi connectivity index (χ0) is 18.3. The van der Waals surface area contributed by atoms with Crippen LogP contribution in [0, 0.1) is 0 Å². The van der Waals surface area contributed by atoms with Crippen molar-refractivity contribution in [1.29, 1.82) is 0 Å². The van der Waals surface area contributed by atoms with Crippen LogP contribution >= 0.6 is 15.9 Å². The van der Waals surface area contributed by atoms with Gasteiger partial charge in [0.15, 0.2) is 0 Å². The number of aromatic hydroxyl groups is 1. The Morgan fingerprint density at radius 1 is 1.00 bits per heavy atom. The molecule has 3 aromatic rings. The number of hydrogen-bond acceptors (Lipinski definition) is 7. The highest BCUT2D eigenvalue weighted by molar-refractivity contribution is 9.10. The molecule has 0 radical (unpaired) electrons. The van der Waals surface area contributed by atoms with Gasteiger partial charge in [-0.15, -0.1) is 0 Å². The van der Waals surface area contributed by atoms with Crippen molar-refractivity contribution in [2.24, 2.45) is 0 Å². The van der Waals surface area contributed by atoms with Gasteiger partial charge in [-0.2, -0.15) is 4.98 Å². The van der Waals surface area contributed by atoms with Crippen molar-refractivity contribution in [1.82, 2.24) is 9.97 Å². The Morgan fingerprint density at radius 3 is 2.65 bits per heavy atom. The van der Waals surface area contributed by atoms with E-state index < -0.39 is 10.0 Å². The van der Waals surface area contributed by atoms with E-state index in [4.69, 9.17) is 0 Å². The summed E-state index contributed by atoms with van der Waals surface area (Å²) in [6, 6.07) is 10.6. The van der Waals surface area contributed by atoms with Crippen LogP contribution < -0.4 is 15.4 Å². The second kappa shape index (κ2) is 6.15. The molecule has 0 unspecified atom stereocenters. The van der Waals surface area contributed by atoms with Gasteiger partial charge < -0.3 is 15.7 Å². The van der Waals surface area contributed by atoms with Gasteiger partial charge in [-0.25, -0.2) is 13.4 Å². The molecule has 10 heteroatoms. The lowest BCUT2D eigenvalue weighted by molar-refractivity contribution is 0.476. The van der Waals surface area contributed by atoms with E-state index >= 15 is 0 Å². The number of rotatable bonds is 0.